The summed E-state index contributed by atoms with van der Waals surface area (Å²) < 4.78 is 4.95. The molecule has 0 fully saturated rings. The van der Waals surface area contributed by atoms with Gasteiger partial charge in [0.2, 0.25) is 0 Å². The van der Waals surface area contributed by atoms with Crippen molar-refractivity contribution in [3.05, 3.63) is 42.0 Å². The van der Waals surface area contributed by atoms with Crippen LogP contribution in [0.3, 0.4) is 0 Å². The maximum atomic E-state index is 12.0. The van der Waals surface area contributed by atoms with Crippen molar-refractivity contribution >= 4 is 22.6 Å². The summed E-state index contributed by atoms with van der Waals surface area (Å²) >= 11 is 0. The first-order chi connectivity index (χ1) is 10.5. The Balaban J connectivity index is 2.06. The van der Waals surface area contributed by atoms with Gasteiger partial charge in [0.05, 0.1) is 0 Å². The largest absolute Gasteiger partial charge is 0.507 e. The van der Waals surface area contributed by atoms with Crippen molar-refractivity contribution in [1.82, 2.24) is 5.32 Å². The van der Waals surface area contributed by atoms with E-state index in [1.807, 2.05) is 38.1 Å². The van der Waals surface area contributed by atoms with Crippen molar-refractivity contribution in [2.45, 2.75) is 26.3 Å². The molecule has 1 amide bonds. The van der Waals surface area contributed by atoms with Crippen LogP contribution < -0.4 is 5.32 Å². The molecule has 5 heteroatoms. The third kappa shape index (κ3) is 3.75. The lowest BCUT2D eigenvalue weighted by Crippen LogP contribution is -2.35. The van der Waals surface area contributed by atoms with Gasteiger partial charge in [-0.25, -0.2) is 4.79 Å². The summed E-state index contributed by atoms with van der Waals surface area (Å²) in [5.74, 6) is -1.24. The van der Waals surface area contributed by atoms with Crippen LogP contribution in [0.1, 0.15) is 30.6 Å². The molecule has 1 atom stereocenters. The number of rotatable bonds is 5. The zero-order valence-electron chi connectivity index (χ0n) is 12.6. The van der Waals surface area contributed by atoms with Crippen LogP contribution in [0.15, 0.2) is 36.4 Å². The van der Waals surface area contributed by atoms with E-state index in [0.717, 1.165) is 17.2 Å². The highest BCUT2D eigenvalue weighted by Crippen LogP contribution is 2.25. The summed E-state index contributed by atoms with van der Waals surface area (Å²) in [4.78, 5) is 23.6. The first kappa shape index (κ1) is 15.8. The van der Waals surface area contributed by atoms with Crippen molar-refractivity contribution < 1.29 is 19.4 Å². The summed E-state index contributed by atoms with van der Waals surface area (Å²) in [5.41, 5.74) is 0.0510. The van der Waals surface area contributed by atoms with Gasteiger partial charge in [0.15, 0.2) is 6.61 Å². The molecular formula is C17H19NO4. The maximum Gasteiger partial charge on any atom is 0.342 e. The van der Waals surface area contributed by atoms with Gasteiger partial charge in [0.1, 0.15) is 11.3 Å². The SMILES string of the molecule is CC[C@H](C)NC(=O)COC(=O)c1cc2ccccc2cc1O. The Kier molecular flexibility index (Phi) is 4.99. The quantitative estimate of drug-likeness (QED) is 0.832. The van der Waals surface area contributed by atoms with E-state index in [1.165, 1.54) is 6.07 Å². The number of nitrogens with one attached hydrogen (secondary N) is 1. The third-order valence-electron chi connectivity index (χ3n) is 3.44. The molecule has 22 heavy (non-hydrogen) atoms. The van der Waals surface area contributed by atoms with E-state index in [9.17, 15) is 14.7 Å². The van der Waals surface area contributed by atoms with Crippen molar-refractivity contribution in [3.8, 4) is 5.75 Å². The zero-order chi connectivity index (χ0) is 16.1. The Labute approximate surface area is 128 Å². The number of ether oxygens (including phenoxy) is 1. The second-order valence-electron chi connectivity index (χ2n) is 5.17. The number of phenolic OH excluding ortho intramolecular Hbond substituents is 1. The van der Waals surface area contributed by atoms with E-state index in [1.54, 1.807) is 6.07 Å². The van der Waals surface area contributed by atoms with Crippen LogP contribution in [-0.4, -0.2) is 29.6 Å². The van der Waals surface area contributed by atoms with Crippen LogP contribution in [0.4, 0.5) is 0 Å². The predicted molar refractivity (Wildman–Crippen MR) is 83.8 cm³/mol. The fourth-order valence-corrected chi connectivity index (χ4v) is 2.02. The number of hydrogen-bond donors (Lipinski definition) is 2. The molecule has 2 aromatic rings. The summed E-state index contributed by atoms with van der Waals surface area (Å²) in [6, 6.07) is 10.4. The van der Waals surface area contributed by atoms with Crippen LogP contribution in [0.5, 0.6) is 5.75 Å². The first-order valence-corrected chi connectivity index (χ1v) is 7.19. The summed E-state index contributed by atoms with van der Waals surface area (Å²) in [6.07, 6.45) is 0.797. The van der Waals surface area contributed by atoms with Gasteiger partial charge < -0.3 is 15.2 Å². The molecule has 0 radical (unpaired) electrons. The molecule has 0 aliphatic heterocycles. The minimum absolute atomic E-state index is 0.0280. The molecule has 2 aromatic carbocycles. The molecule has 5 nitrogen and oxygen atoms in total. The lowest BCUT2D eigenvalue weighted by Gasteiger charge is -2.12. The standard InChI is InChI=1S/C17H19NO4/c1-3-11(2)18-16(20)10-22-17(21)14-8-12-6-4-5-7-13(12)9-15(14)19/h4-9,11,19H,3,10H2,1-2H3,(H,18,20)/t11-/m0/s1. The first-order valence-electron chi connectivity index (χ1n) is 7.19. The van der Waals surface area contributed by atoms with Gasteiger partial charge in [-0.15, -0.1) is 0 Å². The second-order valence-corrected chi connectivity index (χ2v) is 5.17. The Morgan fingerprint density at radius 3 is 2.50 bits per heavy atom. The Bertz CT molecular complexity index is 696. The molecule has 0 unspecified atom stereocenters. The highest BCUT2D eigenvalue weighted by molar-refractivity contribution is 5.99. The number of amides is 1. The number of carbonyl (C=O) groups excluding carboxylic acids is 2. The van der Waals surface area contributed by atoms with E-state index >= 15 is 0 Å². The predicted octanol–water partition coefficient (Wildman–Crippen LogP) is 2.62. The van der Waals surface area contributed by atoms with Crippen LogP contribution in [0, 0.1) is 0 Å². The van der Waals surface area contributed by atoms with Gasteiger partial charge in [0, 0.05) is 6.04 Å². The average Bonchev–Trinajstić information content (AvgIpc) is 2.51. The molecule has 2 rings (SSSR count). The van der Waals surface area contributed by atoms with E-state index in [4.69, 9.17) is 4.74 Å². The fraction of sp³-hybridized carbons (Fsp3) is 0.294. The maximum absolute atomic E-state index is 12.0. The topological polar surface area (TPSA) is 75.6 Å². The van der Waals surface area contributed by atoms with E-state index in [-0.39, 0.29) is 29.9 Å². The normalized spacial score (nSPS) is 11.9. The molecule has 0 saturated carbocycles. The van der Waals surface area contributed by atoms with Gasteiger partial charge in [-0.1, -0.05) is 31.2 Å². The molecule has 0 spiro atoms. The average molecular weight is 301 g/mol. The smallest absolute Gasteiger partial charge is 0.342 e. The number of hydrogen-bond acceptors (Lipinski definition) is 4. The van der Waals surface area contributed by atoms with Crippen LogP contribution in [-0.2, 0) is 9.53 Å². The van der Waals surface area contributed by atoms with Crippen molar-refractivity contribution in [1.29, 1.82) is 0 Å². The highest BCUT2D eigenvalue weighted by Gasteiger charge is 2.16. The lowest BCUT2D eigenvalue weighted by molar-refractivity contribution is -0.124. The number of phenols is 1. The Morgan fingerprint density at radius 1 is 1.23 bits per heavy atom. The van der Waals surface area contributed by atoms with Crippen molar-refractivity contribution in [2.75, 3.05) is 6.61 Å². The van der Waals surface area contributed by atoms with E-state index < -0.39 is 5.97 Å². The van der Waals surface area contributed by atoms with Crippen molar-refractivity contribution in [2.24, 2.45) is 0 Å². The number of aromatic hydroxyl groups is 1. The summed E-state index contributed by atoms with van der Waals surface area (Å²) in [7, 11) is 0. The molecule has 0 aliphatic rings. The Hall–Kier alpha value is -2.56. The van der Waals surface area contributed by atoms with Crippen LogP contribution >= 0.6 is 0 Å². The number of carbonyl (C=O) groups is 2. The zero-order valence-corrected chi connectivity index (χ0v) is 12.6. The lowest BCUT2D eigenvalue weighted by atomic mass is 10.1. The monoisotopic (exact) mass is 301 g/mol. The van der Waals surface area contributed by atoms with E-state index in [2.05, 4.69) is 5.32 Å². The summed E-state index contributed by atoms with van der Waals surface area (Å²) in [5, 5.41) is 14.3. The molecule has 0 aliphatic carbocycles. The molecule has 0 aromatic heterocycles. The minimum atomic E-state index is -0.720. The highest BCUT2D eigenvalue weighted by atomic mass is 16.5. The van der Waals surface area contributed by atoms with Gasteiger partial charge in [-0.3, -0.25) is 4.79 Å². The molecule has 116 valence electrons. The van der Waals surface area contributed by atoms with Gasteiger partial charge in [-0.2, -0.15) is 0 Å². The number of benzene rings is 2. The number of fused-ring (bicyclic) bond motifs is 1. The van der Waals surface area contributed by atoms with E-state index in [0.29, 0.717) is 0 Å². The second kappa shape index (κ2) is 6.93. The third-order valence-corrected chi connectivity index (χ3v) is 3.44. The van der Waals surface area contributed by atoms with Crippen LogP contribution in [0.25, 0.3) is 10.8 Å². The molecule has 0 heterocycles. The van der Waals surface area contributed by atoms with Gasteiger partial charge in [0.25, 0.3) is 5.91 Å². The molecule has 2 N–H and O–H groups in total. The summed E-state index contributed by atoms with van der Waals surface area (Å²) in [6.45, 7) is 3.45. The van der Waals surface area contributed by atoms with Gasteiger partial charge in [-0.05, 0) is 36.2 Å². The number of esters is 1. The molecule has 0 saturated heterocycles. The fourth-order valence-electron chi connectivity index (χ4n) is 2.02. The minimum Gasteiger partial charge on any atom is -0.507 e. The van der Waals surface area contributed by atoms with Crippen LogP contribution in [0.2, 0.25) is 0 Å². The van der Waals surface area contributed by atoms with Crippen molar-refractivity contribution in [3.63, 3.8) is 0 Å². The molecular weight excluding hydrogens is 282 g/mol. The molecule has 0 bridgehead atoms. The van der Waals surface area contributed by atoms with Gasteiger partial charge >= 0.3 is 5.97 Å². The Morgan fingerprint density at radius 2 is 1.86 bits per heavy atom.